The second-order valence-corrected chi connectivity index (χ2v) is 5.38. The van der Waals surface area contributed by atoms with Gasteiger partial charge in [-0.3, -0.25) is 9.59 Å². The maximum absolute atomic E-state index is 13.4. The first-order valence-corrected chi connectivity index (χ1v) is 7.29. The summed E-state index contributed by atoms with van der Waals surface area (Å²) in [7, 11) is 0. The molecular formula is C13H13FN2O4S. The van der Waals surface area contributed by atoms with E-state index in [1.807, 2.05) is 0 Å². The van der Waals surface area contributed by atoms with Gasteiger partial charge in [0.25, 0.3) is 5.91 Å². The number of amides is 2. The molecule has 6 nitrogen and oxygen atoms in total. The number of hydrogen-bond acceptors (Lipinski definition) is 4. The molecule has 1 unspecified atom stereocenters. The van der Waals surface area contributed by atoms with Gasteiger partial charge >= 0.3 is 5.97 Å². The number of nitrogens with one attached hydrogen (secondary N) is 1. The molecule has 1 aliphatic heterocycles. The predicted molar refractivity (Wildman–Crippen MR) is 74.3 cm³/mol. The minimum atomic E-state index is -1.08. The highest BCUT2D eigenvalue weighted by molar-refractivity contribution is 7.99. The van der Waals surface area contributed by atoms with Crippen LogP contribution in [0, 0.1) is 5.82 Å². The van der Waals surface area contributed by atoms with Crippen molar-refractivity contribution in [2.24, 2.45) is 0 Å². The number of aliphatic carboxylic acids is 1. The fraction of sp³-hybridized carbons (Fsp3) is 0.308. The lowest BCUT2D eigenvalue weighted by Crippen LogP contribution is -2.46. The largest absolute Gasteiger partial charge is 0.480 e. The normalized spacial score (nSPS) is 17.6. The molecule has 1 fully saturated rings. The van der Waals surface area contributed by atoms with Crippen molar-refractivity contribution in [3.63, 3.8) is 0 Å². The molecule has 21 heavy (non-hydrogen) atoms. The molecule has 0 radical (unpaired) electrons. The van der Waals surface area contributed by atoms with Crippen LogP contribution >= 0.6 is 11.8 Å². The van der Waals surface area contributed by atoms with Gasteiger partial charge in [0.15, 0.2) is 0 Å². The number of nitrogens with zero attached hydrogens (tertiary/aromatic N) is 1. The number of hydrogen-bond donors (Lipinski definition) is 2. The second kappa shape index (κ2) is 6.57. The van der Waals surface area contributed by atoms with Crippen LogP contribution in [-0.2, 0) is 9.59 Å². The zero-order valence-corrected chi connectivity index (χ0v) is 11.7. The molecule has 0 spiro atoms. The molecule has 0 aromatic heterocycles. The summed E-state index contributed by atoms with van der Waals surface area (Å²) >= 11 is 1.33. The van der Waals surface area contributed by atoms with E-state index in [1.165, 1.54) is 34.9 Å². The maximum Gasteiger partial charge on any atom is 0.327 e. The van der Waals surface area contributed by atoms with Gasteiger partial charge in [-0.1, -0.05) is 12.1 Å². The van der Waals surface area contributed by atoms with E-state index >= 15 is 0 Å². The van der Waals surface area contributed by atoms with E-state index in [1.54, 1.807) is 0 Å². The highest BCUT2D eigenvalue weighted by Gasteiger charge is 2.34. The number of benzene rings is 1. The molecule has 2 N–H and O–H groups in total. The van der Waals surface area contributed by atoms with Crippen molar-refractivity contribution in [1.82, 2.24) is 10.2 Å². The number of carboxylic acid groups (broad SMARTS) is 1. The van der Waals surface area contributed by atoms with Crippen LogP contribution < -0.4 is 5.32 Å². The highest BCUT2D eigenvalue weighted by atomic mass is 32.2. The Kier molecular flexibility index (Phi) is 4.79. The van der Waals surface area contributed by atoms with E-state index in [4.69, 9.17) is 5.11 Å². The average molecular weight is 312 g/mol. The zero-order chi connectivity index (χ0) is 15.4. The molecule has 112 valence electrons. The van der Waals surface area contributed by atoms with E-state index in [9.17, 15) is 18.8 Å². The topological polar surface area (TPSA) is 86.7 Å². The number of thioether (sulfide) groups is 1. The van der Waals surface area contributed by atoms with Crippen LogP contribution in [-0.4, -0.2) is 52.0 Å². The standard InChI is InChI=1S/C13H13FN2O4S/c14-9-4-2-1-3-8(9)12(18)15-5-11(17)16-7-21-6-10(16)13(19)20/h1-4,10H,5-7H2,(H,15,18)(H,19,20). The van der Waals surface area contributed by atoms with Gasteiger partial charge in [0.1, 0.15) is 11.9 Å². The molecule has 2 amide bonds. The van der Waals surface area contributed by atoms with Gasteiger partial charge in [0.05, 0.1) is 18.0 Å². The average Bonchev–Trinajstić information content (AvgIpc) is 2.94. The Hall–Kier alpha value is -2.09. The smallest absolute Gasteiger partial charge is 0.327 e. The Labute approximate surface area is 124 Å². The lowest BCUT2D eigenvalue weighted by atomic mass is 10.2. The first kappa shape index (κ1) is 15.3. The molecule has 0 bridgehead atoms. The van der Waals surface area contributed by atoms with Crippen molar-refractivity contribution in [3.8, 4) is 0 Å². The molecule has 1 heterocycles. The number of carbonyl (C=O) groups is 3. The van der Waals surface area contributed by atoms with Gasteiger partial charge in [-0.2, -0.15) is 0 Å². The van der Waals surface area contributed by atoms with Crippen molar-refractivity contribution in [2.45, 2.75) is 6.04 Å². The van der Waals surface area contributed by atoms with Crippen LogP contribution in [0.25, 0.3) is 0 Å². The molecule has 0 saturated carbocycles. The number of rotatable bonds is 4. The zero-order valence-electron chi connectivity index (χ0n) is 10.9. The van der Waals surface area contributed by atoms with Crippen molar-refractivity contribution in [2.75, 3.05) is 18.2 Å². The lowest BCUT2D eigenvalue weighted by molar-refractivity contribution is -0.147. The fourth-order valence-corrected chi connectivity index (χ4v) is 3.06. The number of carbonyl (C=O) groups excluding carboxylic acids is 2. The van der Waals surface area contributed by atoms with E-state index in [-0.39, 0.29) is 18.0 Å². The Bertz CT molecular complexity index is 581. The predicted octanol–water partition coefficient (Wildman–Crippen LogP) is 0.542. The minimum Gasteiger partial charge on any atom is -0.480 e. The molecular weight excluding hydrogens is 299 g/mol. The minimum absolute atomic E-state index is 0.157. The molecule has 2 rings (SSSR count). The Morgan fingerprint density at radius 2 is 2.10 bits per heavy atom. The van der Waals surface area contributed by atoms with Gasteiger partial charge in [-0.15, -0.1) is 11.8 Å². The summed E-state index contributed by atoms with van der Waals surface area (Å²) < 4.78 is 13.4. The number of halogens is 1. The van der Waals surface area contributed by atoms with Gasteiger partial charge in [-0.25, -0.2) is 9.18 Å². The monoisotopic (exact) mass is 312 g/mol. The van der Waals surface area contributed by atoms with Crippen molar-refractivity contribution in [3.05, 3.63) is 35.6 Å². The molecule has 8 heteroatoms. The third kappa shape index (κ3) is 3.52. The third-order valence-electron chi connectivity index (χ3n) is 3.01. The Morgan fingerprint density at radius 3 is 2.76 bits per heavy atom. The summed E-state index contributed by atoms with van der Waals surface area (Å²) in [6.45, 7) is -0.364. The van der Waals surface area contributed by atoms with Crippen LogP contribution in [0.2, 0.25) is 0 Å². The summed E-state index contributed by atoms with van der Waals surface area (Å²) in [5.74, 6) is -2.37. The van der Waals surface area contributed by atoms with Crippen LogP contribution in [0.3, 0.4) is 0 Å². The quantitative estimate of drug-likeness (QED) is 0.847. The van der Waals surface area contributed by atoms with Gasteiger partial charge in [0.2, 0.25) is 5.91 Å². The maximum atomic E-state index is 13.4. The third-order valence-corrected chi connectivity index (χ3v) is 4.02. The van der Waals surface area contributed by atoms with E-state index < -0.39 is 29.6 Å². The van der Waals surface area contributed by atoms with Crippen molar-refractivity contribution < 1.29 is 23.9 Å². The molecule has 1 aromatic rings. The van der Waals surface area contributed by atoms with Crippen LogP contribution in [0.1, 0.15) is 10.4 Å². The molecule has 1 aliphatic rings. The first-order valence-electron chi connectivity index (χ1n) is 6.13. The van der Waals surface area contributed by atoms with Crippen LogP contribution in [0.4, 0.5) is 4.39 Å². The first-order chi connectivity index (χ1) is 10.0. The fourth-order valence-electron chi connectivity index (χ4n) is 1.89. The molecule has 1 saturated heterocycles. The molecule has 0 aliphatic carbocycles. The van der Waals surface area contributed by atoms with Gasteiger partial charge < -0.3 is 15.3 Å². The Morgan fingerprint density at radius 1 is 1.38 bits per heavy atom. The van der Waals surface area contributed by atoms with Gasteiger partial charge in [-0.05, 0) is 12.1 Å². The van der Waals surface area contributed by atoms with E-state index in [2.05, 4.69) is 5.32 Å². The van der Waals surface area contributed by atoms with Gasteiger partial charge in [0, 0.05) is 5.75 Å². The summed E-state index contributed by atoms with van der Waals surface area (Å²) in [6.07, 6.45) is 0. The summed E-state index contributed by atoms with van der Waals surface area (Å²) in [5, 5.41) is 11.3. The van der Waals surface area contributed by atoms with Crippen molar-refractivity contribution in [1.29, 1.82) is 0 Å². The number of carboxylic acids is 1. The van der Waals surface area contributed by atoms with Crippen LogP contribution in [0.5, 0.6) is 0 Å². The van der Waals surface area contributed by atoms with Crippen LogP contribution in [0.15, 0.2) is 24.3 Å². The highest BCUT2D eigenvalue weighted by Crippen LogP contribution is 2.20. The van der Waals surface area contributed by atoms with Crippen molar-refractivity contribution >= 4 is 29.5 Å². The summed E-state index contributed by atoms with van der Waals surface area (Å²) in [6, 6.07) is 4.54. The summed E-state index contributed by atoms with van der Waals surface area (Å²) in [4.78, 5) is 35.8. The van der Waals surface area contributed by atoms with E-state index in [0.29, 0.717) is 5.75 Å². The lowest BCUT2D eigenvalue weighted by Gasteiger charge is -2.20. The molecule has 1 atom stereocenters. The van der Waals surface area contributed by atoms with E-state index in [0.717, 1.165) is 6.07 Å². The SMILES string of the molecule is O=C(NCC(=O)N1CSCC1C(=O)O)c1ccccc1F. The second-order valence-electron chi connectivity index (χ2n) is 4.38. The summed E-state index contributed by atoms with van der Waals surface area (Å²) in [5.41, 5.74) is -0.157. The molecule has 1 aromatic carbocycles. The Balaban J connectivity index is 1.94.